The SMILES string of the molecule is Cc1ccccc1N1CC[NH+]([C@H](C)C(=O)Nc2ccccc2F)CC1. The molecule has 2 aromatic rings. The fourth-order valence-corrected chi connectivity index (χ4v) is 3.38. The predicted octanol–water partition coefficient (Wildman–Crippen LogP) is 1.87. The van der Waals surface area contributed by atoms with E-state index in [1.165, 1.54) is 22.2 Å². The molecule has 0 aliphatic carbocycles. The maximum Gasteiger partial charge on any atom is 0.282 e. The van der Waals surface area contributed by atoms with Crippen LogP contribution in [0, 0.1) is 12.7 Å². The molecule has 1 heterocycles. The van der Waals surface area contributed by atoms with Crippen LogP contribution in [0.2, 0.25) is 0 Å². The first-order valence-electron chi connectivity index (χ1n) is 8.77. The van der Waals surface area contributed by atoms with Crippen molar-refractivity contribution in [2.24, 2.45) is 0 Å². The Labute approximate surface area is 148 Å². The average molecular weight is 342 g/mol. The van der Waals surface area contributed by atoms with Crippen molar-refractivity contribution in [1.29, 1.82) is 0 Å². The summed E-state index contributed by atoms with van der Waals surface area (Å²) in [5, 5.41) is 2.71. The average Bonchev–Trinajstić information content (AvgIpc) is 2.63. The highest BCUT2D eigenvalue weighted by molar-refractivity contribution is 5.93. The van der Waals surface area contributed by atoms with E-state index in [0.29, 0.717) is 0 Å². The second kappa shape index (κ2) is 7.66. The molecule has 1 amide bonds. The lowest BCUT2D eigenvalue weighted by atomic mass is 10.1. The maximum atomic E-state index is 13.7. The van der Waals surface area contributed by atoms with Crippen LogP contribution in [0.4, 0.5) is 15.8 Å². The number of nitrogens with zero attached hydrogens (tertiary/aromatic N) is 1. The predicted molar refractivity (Wildman–Crippen MR) is 98.6 cm³/mol. The van der Waals surface area contributed by atoms with Crippen molar-refractivity contribution >= 4 is 17.3 Å². The van der Waals surface area contributed by atoms with Crippen LogP contribution >= 0.6 is 0 Å². The van der Waals surface area contributed by atoms with Gasteiger partial charge in [-0.3, -0.25) is 4.79 Å². The molecule has 4 nitrogen and oxygen atoms in total. The highest BCUT2D eigenvalue weighted by atomic mass is 19.1. The Kier molecular flexibility index (Phi) is 5.34. The van der Waals surface area contributed by atoms with Gasteiger partial charge in [0.1, 0.15) is 5.82 Å². The molecule has 0 radical (unpaired) electrons. The van der Waals surface area contributed by atoms with Gasteiger partial charge in [0.25, 0.3) is 5.91 Å². The minimum atomic E-state index is -0.401. The highest BCUT2D eigenvalue weighted by Crippen LogP contribution is 2.19. The largest absolute Gasteiger partial charge is 0.360 e. The van der Waals surface area contributed by atoms with Crippen LogP contribution in [0.25, 0.3) is 0 Å². The first-order valence-corrected chi connectivity index (χ1v) is 8.77. The fourth-order valence-electron chi connectivity index (χ4n) is 3.38. The molecule has 0 saturated carbocycles. The van der Waals surface area contributed by atoms with Crippen LogP contribution < -0.4 is 15.1 Å². The van der Waals surface area contributed by atoms with Gasteiger partial charge in [-0.15, -0.1) is 0 Å². The molecule has 3 rings (SSSR count). The quantitative estimate of drug-likeness (QED) is 0.890. The number of halogens is 1. The molecule has 1 aliphatic heterocycles. The van der Waals surface area contributed by atoms with Crippen molar-refractivity contribution < 1.29 is 14.1 Å². The summed E-state index contributed by atoms with van der Waals surface area (Å²) in [5.74, 6) is -0.535. The summed E-state index contributed by atoms with van der Waals surface area (Å²) >= 11 is 0. The molecule has 1 saturated heterocycles. The molecule has 1 aliphatic rings. The van der Waals surface area contributed by atoms with E-state index in [1.54, 1.807) is 18.2 Å². The topological polar surface area (TPSA) is 36.8 Å². The number of benzene rings is 2. The number of rotatable bonds is 4. The van der Waals surface area contributed by atoms with E-state index in [4.69, 9.17) is 0 Å². The Morgan fingerprint density at radius 2 is 1.76 bits per heavy atom. The molecular weight excluding hydrogens is 317 g/mol. The van der Waals surface area contributed by atoms with E-state index in [0.717, 1.165) is 26.2 Å². The molecule has 25 heavy (non-hydrogen) atoms. The summed E-state index contributed by atoms with van der Waals surface area (Å²) in [6, 6.07) is 14.5. The van der Waals surface area contributed by atoms with Crippen molar-refractivity contribution in [2.45, 2.75) is 19.9 Å². The zero-order valence-corrected chi connectivity index (χ0v) is 14.8. The van der Waals surface area contributed by atoms with Crippen LogP contribution in [0.5, 0.6) is 0 Å². The molecular formula is C20H25FN3O+. The first kappa shape index (κ1) is 17.4. The third-order valence-corrected chi connectivity index (χ3v) is 5.00. The fraction of sp³-hybridized carbons (Fsp3) is 0.350. The number of para-hydroxylation sites is 2. The van der Waals surface area contributed by atoms with Crippen LogP contribution in [0.1, 0.15) is 12.5 Å². The van der Waals surface area contributed by atoms with Crippen molar-refractivity contribution in [3.05, 3.63) is 59.9 Å². The van der Waals surface area contributed by atoms with E-state index in [1.807, 2.05) is 6.92 Å². The molecule has 132 valence electrons. The lowest BCUT2D eigenvalue weighted by Gasteiger charge is -2.36. The van der Waals surface area contributed by atoms with Gasteiger partial charge >= 0.3 is 0 Å². The van der Waals surface area contributed by atoms with E-state index >= 15 is 0 Å². The molecule has 0 spiro atoms. The molecule has 0 unspecified atom stereocenters. The van der Waals surface area contributed by atoms with Crippen LogP contribution in [-0.2, 0) is 4.79 Å². The molecule has 2 N–H and O–H groups in total. The Morgan fingerprint density at radius 3 is 2.44 bits per heavy atom. The van der Waals surface area contributed by atoms with E-state index in [-0.39, 0.29) is 17.6 Å². The van der Waals surface area contributed by atoms with Crippen molar-refractivity contribution in [3.63, 3.8) is 0 Å². The van der Waals surface area contributed by atoms with Gasteiger partial charge in [-0.25, -0.2) is 4.39 Å². The Bertz CT molecular complexity index is 741. The number of anilines is 2. The van der Waals surface area contributed by atoms with Gasteiger partial charge in [0.2, 0.25) is 0 Å². The Morgan fingerprint density at radius 1 is 1.12 bits per heavy atom. The zero-order chi connectivity index (χ0) is 17.8. The molecule has 5 heteroatoms. The van der Waals surface area contributed by atoms with Gasteiger partial charge in [0, 0.05) is 5.69 Å². The third kappa shape index (κ3) is 3.99. The lowest BCUT2D eigenvalue weighted by Crippen LogP contribution is -3.19. The van der Waals surface area contributed by atoms with Gasteiger partial charge in [0.05, 0.1) is 31.9 Å². The summed E-state index contributed by atoms with van der Waals surface area (Å²) in [4.78, 5) is 16.1. The number of aryl methyl sites for hydroxylation is 1. The van der Waals surface area contributed by atoms with Crippen molar-refractivity contribution in [1.82, 2.24) is 0 Å². The van der Waals surface area contributed by atoms with Gasteiger partial charge in [0.15, 0.2) is 6.04 Å². The number of carbonyl (C=O) groups excluding carboxylic acids is 1. The number of piperazine rings is 1. The second-order valence-electron chi connectivity index (χ2n) is 6.62. The molecule has 1 fully saturated rings. The minimum absolute atomic E-state index is 0.135. The van der Waals surface area contributed by atoms with Crippen LogP contribution in [0.15, 0.2) is 48.5 Å². The number of nitrogens with one attached hydrogen (secondary N) is 2. The summed E-state index contributed by atoms with van der Waals surface area (Å²) in [5.41, 5.74) is 2.79. The number of hydrogen-bond donors (Lipinski definition) is 2. The number of carbonyl (C=O) groups is 1. The lowest BCUT2D eigenvalue weighted by molar-refractivity contribution is -0.914. The van der Waals surface area contributed by atoms with Gasteiger partial charge < -0.3 is 15.1 Å². The molecule has 0 aromatic heterocycles. The molecule has 2 aromatic carbocycles. The van der Waals surface area contributed by atoms with Crippen molar-refractivity contribution in [2.75, 3.05) is 36.4 Å². The number of hydrogen-bond acceptors (Lipinski definition) is 2. The molecule has 1 atom stereocenters. The maximum absolute atomic E-state index is 13.7. The summed E-state index contributed by atoms with van der Waals surface area (Å²) in [6.07, 6.45) is 0. The first-order chi connectivity index (χ1) is 12.1. The summed E-state index contributed by atoms with van der Waals surface area (Å²) in [7, 11) is 0. The standard InChI is InChI=1S/C20H24FN3O/c1-15-7-3-6-10-19(15)24-13-11-23(12-14-24)16(2)20(25)22-18-9-5-4-8-17(18)21/h3-10,16H,11-14H2,1-2H3,(H,22,25)/p+1/t16-/m1/s1. The van der Waals surface area contributed by atoms with E-state index in [2.05, 4.69) is 41.4 Å². The number of quaternary nitrogens is 1. The third-order valence-electron chi connectivity index (χ3n) is 5.00. The van der Waals surface area contributed by atoms with Crippen LogP contribution in [-0.4, -0.2) is 38.1 Å². The second-order valence-corrected chi connectivity index (χ2v) is 6.62. The zero-order valence-electron chi connectivity index (χ0n) is 14.8. The van der Waals surface area contributed by atoms with E-state index < -0.39 is 5.82 Å². The van der Waals surface area contributed by atoms with Crippen LogP contribution in [0.3, 0.4) is 0 Å². The van der Waals surface area contributed by atoms with Crippen molar-refractivity contribution in [3.8, 4) is 0 Å². The summed E-state index contributed by atoms with van der Waals surface area (Å²) in [6.45, 7) is 7.64. The summed E-state index contributed by atoms with van der Waals surface area (Å²) < 4.78 is 13.7. The van der Waals surface area contributed by atoms with Gasteiger partial charge in [-0.05, 0) is 37.6 Å². The Balaban J connectivity index is 1.58. The van der Waals surface area contributed by atoms with Gasteiger partial charge in [-0.1, -0.05) is 30.3 Å². The normalized spacial score (nSPS) is 16.5. The monoisotopic (exact) mass is 342 g/mol. The number of amides is 1. The van der Waals surface area contributed by atoms with Gasteiger partial charge in [-0.2, -0.15) is 0 Å². The smallest absolute Gasteiger partial charge is 0.282 e. The molecule has 0 bridgehead atoms. The van der Waals surface area contributed by atoms with E-state index in [9.17, 15) is 9.18 Å². The Hall–Kier alpha value is -2.40. The minimum Gasteiger partial charge on any atom is -0.360 e. The highest BCUT2D eigenvalue weighted by Gasteiger charge is 2.29.